The zero-order chi connectivity index (χ0) is 37.7. The van der Waals surface area contributed by atoms with Crippen LogP contribution in [0.2, 0.25) is 0 Å². The quantitative estimate of drug-likeness (QED) is 0.0378. The third kappa shape index (κ3) is 9.45. The molecular formula is C38H42N6O8S. The second-order valence-corrected chi connectivity index (χ2v) is 14.2. The fraction of sp³-hybridized carbons (Fsp3) is 0.316. The van der Waals surface area contributed by atoms with Crippen molar-refractivity contribution in [3.8, 4) is 17.2 Å². The first-order valence-electron chi connectivity index (χ1n) is 17.0. The lowest BCUT2D eigenvalue weighted by molar-refractivity contribution is -0.130. The van der Waals surface area contributed by atoms with E-state index in [4.69, 9.17) is 34.6 Å². The second-order valence-electron chi connectivity index (χ2n) is 12.1. The number of carbonyl (C=O) groups excluding carboxylic acids is 1. The number of aliphatic hydroxyl groups is 1. The van der Waals surface area contributed by atoms with Gasteiger partial charge >= 0.3 is 0 Å². The van der Waals surface area contributed by atoms with E-state index >= 15 is 0 Å². The lowest BCUT2D eigenvalue weighted by Crippen LogP contribution is -2.53. The molecule has 0 spiro atoms. The summed E-state index contributed by atoms with van der Waals surface area (Å²) in [7, 11) is -0.733. The first-order chi connectivity index (χ1) is 25.7. The Labute approximate surface area is 308 Å². The van der Waals surface area contributed by atoms with Crippen molar-refractivity contribution in [2.24, 2.45) is 10.1 Å². The number of nitrogens with zero attached hydrogens (tertiary/aromatic N) is 4. The molecule has 1 aliphatic heterocycles. The molecule has 53 heavy (non-hydrogen) atoms. The van der Waals surface area contributed by atoms with Crippen molar-refractivity contribution >= 4 is 21.6 Å². The number of aliphatic imine (C=N–C) groups is 1. The van der Waals surface area contributed by atoms with Crippen LogP contribution in [0.5, 0.6) is 17.2 Å². The van der Waals surface area contributed by atoms with E-state index in [1.807, 2.05) is 6.07 Å². The summed E-state index contributed by atoms with van der Waals surface area (Å²) in [6.07, 6.45) is -0.451. The molecule has 0 bridgehead atoms. The molecule has 3 N–H and O–H groups in total. The number of aliphatic hydroxyl groups excluding tert-OH is 1. The van der Waals surface area contributed by atoms with Crippen molar-refractivity contribution in [1.29, 1.82) is 0 Å². The summed E-state index contributed by atoms with van der Waals surface area (Å²) in [5.41, 5.74) is 15.6. The maximum absolute atomic E-state index is 14.6. The minimum absolute atomic E-state index is 0.000533. The van der Waals surface area contributed by atoms with Crippen LogP contribution in [0.15, 0.2) is 112 Å². The average molecular weight is 743 g/mol. The van der Waals surface area contributed by atoms with E-state index in [2.05, 4.69) is 20.9 Å². The van der Waals surface area contributed by atoms with Gasteiger partial charge in [0.2, 0.25) is 5.90 Å². The highest BCUT2D eigenvalue weighted by atomic mass is 32.2. The van der Waals surface area contributed by atoms with E-state index in [1.165, 1.54) is 12.1 Å². The number of rotatable bonds is 19. The van der Waals surface area contributed by atoms with Gasteiger partial charge in [-0.1, -0.05) is 47.6 Å². The van der Waals surface area contributed by atoms with Crippen molar-refractivity contribution in [2.75, 3.05) is 39.7 Å². The molecule has 1 aliphatic rings. The van der Waals surface area contributed by atoms with Gasteiger partial charge in [0.1, 0.15) is 17.2 Å². The first-order valence-corrected chi connectivity index (χ1v) is 18.6. The number of nitrogens with one attached hydrogen (secondary N) is 2. The predicted molar refractivity (Wildman–Crippen MR) is 199 cm³/mol. The Morgan fingerprint density at radius 3 is 2.43 bits per heavy atom. The first kappa shape index (κ1) is 38.6. The van der Waals surface area contributed by atoms with Crippen LogP contribution >= 0.6 is 0 Å². The summed E-state index contributed by atoms with van der Waals surface area (Å²) in [5, 5.41) is 12.9. The second kappa shape index (κ2) is 18.2. The molecule has 5 rings (SSSR count). The number of ether oxygens (including phenoxy) is 4. The molecule has 0 saturated carbocycles. The van der Waals surface area contributed by atoms with E-state index in [0.717, 1.165) is 5.56 Å². The molecule has 0 fully saturated rings. The average Bonchev–Trinajstić information content (AvgIpc) is 3.59. The van der Waals surface area contributed by atoms with Crippen molar-refractivity contribution in [3.05, 3.63) is 130 Å². The summed E-state index contributed by atoms with van der Waals surface area (Å²) >= 11 is 0. The number of hydrazine groups is 1. The topological polar surface area (TPSA) is 194 Å². The van der Waals surface area contributed by atoms with Crippen molar-refractivity contribution in [1.82, 2.24) is 10.9 Å². The highest BCUT2D eigenvalue weighted by Gasteiger charge is 2.54. The van der Waals surface area contributed by atoms with E-state index in [0.29, 0.717) is 53.4 Å². The molecule has 4 aromatic rings. The van der Waals surface area contributed by atoms with E-state index in [9.17, 15) is 13.2 Å². The van der Waals surface area contributed by atoms with Crippen LogP contribution in [0.1, 0.15) is 41.2 Å². The minimum Gasteiger partial charge on any atom is -0.497 e. The van der Waals surface area contributed by atoms with Gasteiger partial charge in [0.05, 0.1) is 38.0 Å². The van der Waals surface area contributed by atoms with E-state index in [1.54, 1.807) is 93.1 Å². The van der Waals surface area contributed by atoms with Gasteiger partial charge in [-0.3, -0.25) is 10.2 Å². The highest BCUT2D eigenvalue weighted by Crippen LogP contribution is 2.44. The number of carbonyl (C=O) groups is 1. The lowest BCUT2D eigenvalue weighted by Gasteiger charge is -2.31. The van der Waals surface area contributed by atoms with Crippen molar-refractivity contribution in [3.63, 3.8) is 0 Å². The summed E-state index contributed by atoms with van der Waals surface area (Å²) in [6, 6.07) is 27.4. The maximum atomic E-state index is 14.6. The lowest BCUT2D eigenvalue weighted by atomic mass is 9.83. The highest BCUT2D eigenvalue weighted by molar-refractivity contribution is 7.91. The van der Waals surface area contributed by atoms with Gasteiger partial charge in [-0.25, -0.2) is 18.8 Å². The standard InChI is InChI=1S/C38H42N6O8S/c1-49-31-17-18-34(50-2)28(25-31)19-21-40-43-37(46)38(20-24-53(47,48)32-10-4-3-5-11-32)35(33-12-7-6-9-29(33)26-41-44-39)52-36(42-38)27-13-15-30(16-14-27)51-23-8-22-45/h3-7,9-18,25,35,40,45H,8,19-24,26H2,1-2H3,(H,43,46)/t35-,38-/m0/s1. The maximum Gasteiger partial charge on any atom is 0.266 e. The number of benzene rings is 4. The Balaban J connectivity index is 1.53. The van der Waals surface area contributed by atoms with Crippen LogP contribution in [0.3, 0.4) is 0 Å². The summed E-state index contributed by atoms with van der Waals surface area (Å²) < 4.78 is 50.5. The molecule has 0 aliphatic carbocycles. The zero-order valence-electron chi connectivity index (χ0n) is 29.5. The number of hydrogen-bond acceptors (Lipinski definition) is 11. The van der Waals surface area contributed by atoms with Crippen molar-refractivity contribution in [2.45, 2.75) is 42.3 Å². The molecule has 2 atom stereocenters. The monoisotopic (exact) mass is 742 g/mol. The fourth-order valence-corrected chi connectivity index (χ4v) is 7.34. The van der Waals surface area contributed by atoms with Gasteiger partial charge in [0, 0.05) is 36.5 Å². The Morgan fingerprint density at radius 1 is 0.981 bits per heavy atom. The van der Waals surface area contributed by atoms with E-state index in [-0.39, 0.29) is 36.9 Å². The third-order valence-corrected chi connectivity index (χ3v) is 10.5. The van der Waals surface area contributed by atoms with Crippen molar-refractivity contribution < 1.29 is 37.3 Å². The predicted octanol–water partition coefficient (Wildman–Crippen LogP) is 5.26. The SMILES string of the molecule is COc1ccc(OC)c(CCNNC(=O)[C@@]2(CCS(=O)(=O)c3ccccc3)N=C(c3ccc(OCCCO)cc3)O[C@H]2c2ccccc2CN=[N+]=[N-])c1. The molecule has 0 aromatic heterocycles. The number of azide groups is 1. The normalized spacial score (nSPS) is 16.5. The molecule has 0 saturated heterocycles. The van der Waals surface area contributed by atoms with Crippen LogP contribution in [0.4, 0.5) is 0 Å². The zero-order valence-corrected chi connectivity index (χ0v) is 30.3. The van der Waals surface area contributed by atoms with Gasteiger partial charge in [0.15, 0.2) is 21.5 Å². The largest absolute Gasteiger partial charge is 0.497 e. The Bertz CT molecular complexity index is 2040. The van der Waals surface area contributed by atoms with Gasteiger partial charge in [0.25, 0.3) is 5.91 Å². The molecule has 1 amide bonds. The summed E-state index contributed by atoms with van der Waals surface area (Å²) in [5.74, 6) is 0.927. The molecule has 0 radical (unpaired) electrons. The molecule has 278 valence electrons. The number of hydrogen-bond donors (Lipinski definition) is 3. The van der Waals surface area contributed by atoms with Crippen LogP contribution in [-0.4, -0.2) is 70.6 Å². The minimum atomic E-state index is -3.88. The van der Waals surface area contributed by atoms with Crippen LogP contribution < -0.4 is 25.1 Å². The summed E-state index contributed by atoms with van der Waals surface area (Å²) in [6.45, 7) is 0.566. The van der Waals surface area contributed by atoms with Crippen LogP contribution in [-0.2, 0) is 32.3 Å². The molecule has 0 unspecified atom stereocenters. The smallest absolute Gasteiger partial charge is 0.266 e. The van der Waals surface area contributed by atoms with Gasteiger partial charge in [-0.05, 0) is 83.2 Å². The fourth-order valence-electron chi connectivity index (χ4n) is 5.95. The summed E-state index contributed by atoms with van der Waals surface area (Å²) in [4.78, 5) is 22.6. The third-order valence-electron chi connectivity index (χ3n) is 8.73. The van der Waals surface area contributed by atoms with Crippen LogP contribution in [0.25, 0.3) is 10.4 Å². The number of methoxy groups -OCH3 is 2. The Kier molecular flexibility index (Phi) is 13.3. The molecule has 15 heteroatoms. The molecule has 1 heterocycles. The van der Waals surface area contributed by atoms with Crippen LogP contribution in [0, 0.1) is 0 Å². The van der Waals surface area contributed by atoms with E-state index < -0.39 is 33.1 Å². The van der Waals surface area contributed by atoms with Gasteiger partial charge < -0.3 is 24.1 Å². The number of sulfone groups is 1. The Morgan fingerprint density at radius 2 is 1.72 bits per heavy atom. The van der Waals surface area contributed by atoms with Gasteiger partial charge in [-0.2, -0.15) is 0 Å². The molecular weight excluding hydrogens is 701 g/mol. The van der Waals surface area contributed by atoms with Gasteiger partial charge in [-0.15, -0.1) is 0 Å². The molecule has 4 aromatic carbocycles. The number of amides is 1. The Hall–Kier alpha value is -5.60. The molecule has 14 nitrogen and oxygen atoms in total.